The summed E-state index contributed by atoms with van der Waals surface area (Å²) in [6.07, 6.45) is 3.43. The van der Waals surface area contributed by atoms with Crippen molar-refractivity contribution in [2.75, 3.05) is 10.6 Å². The van der Waals surface area contributed by atoms with E-state index < -0.39 is 0 Å². The van der Waals surface area contributed by atoms with Crippen LogP contribution in [0.25, 0.3) is 0 Å². The molecular weight excluding hydrogens is 300 g/mol. The monoisotopic (exact) mass is 320 g/mol. The number of hydrogen-bond donors (Lipinski definition) is 2. The Labute approximate surface area is 141 Å². The molecule has 0 unspecified atom stereocenters. The minimum Gasteiger partial charge on any atom is -0.324 e. The molecule has 0 aliphatic carbocycles. The predicted molar refractivity (Wildman–Crippen MR) is 96.0 cm³/mol. The van der Waals surface area contributed by atoms with Crippen molar-refractivity contribution in [2.24, 2.45) is 0 Å². The largest absolute Gasteiger partial charge is 0.324 e. The van der Waals surface area contributed by atoms with Gasteiger partial charge in [0, 0.05) is 23.8 Å². The smallest absolute Gasteiger partial charge is 0.232 e. The van der Waals surface area contributed by atoms with Gasteiger partial charge in [-0.05, 0) is 51.0 Å². The summed E-state index contributed by atoms with van der Waals surface area (Å²) in [4.78, 5) is 17.2. The molecule has 6 nitrogen and oxygen atoms in total. The second-order valence-corrected chi connectivity index (χ2v) is 5.79. The van der Waals surface area contributed by atoms with Crippen LogP contribution in [0.1, 0.15) is 22.5 Å². The fraction of sp³-hybridized carbons (Fsp3) is 0.222. The SMILES string of the molecule is Cc1cc(C)c(Nc2nc(C)nc(Nc3ccncc3)n2)c(C)c1. The van der Waals surface area contributed by atoms with Gasteiger partial charge in [0.15, 0.2) is 0 Å². The molecule has 3 rings (SSSR count). The summed E-state index contributed by atoms with van der Waals surface area (Å²) in [6.45, 7) is 8.09. The highest BCUT2D eigenvalue weighted by molar-refractivity contribution is 5.64. The van der Waals surface area contributed by atoms with E-state index in [4.69, 9.17) is 0 Å². The zero-order chi connectivity index (χ0) is 17.1. The summed E-state index contributed by atoms with van der Waals surface area (Å²) in [5, 5.41) is 6.49. The van der Waals surface area contributed by atoms with Crippen LogP contribution < -0.4 is 10.6 Å². The van der Waals surface area contributed by atoms with E-state index in [9.17, 15) is 0 Å². The molecule has 0 bridgehead atoms. The van der Waals surface area contributed by atoms with Crippen molar-refractivity contribution in [1.29, 1.82) is 0 Å². The Balaban J connectivity index is 1.89. The maximum atomic E-state index is 4.46. The normalized spacial score (nSPS) is 10.5. The molecule has 0 aliphatic heterocycles. The van der Waals surface area contributed by atoms with Crippen LogP contribution in [0.4, 0.5) is 23.3 Å². The van der Waals surface area contributed by atoms with E-state index in [1.807, 2.05) is 19.1 Å². The molecule has 0 radical (unpaired) electrons. The van der Waals surface area contributed by atoms with Gasteiger partial charge in [-0.25, -0.2) is 0 Å². The highest BCUT2D eigenvalue weighted by atomic mass is 15.2. The maximum absolute atomic E-state index is 4.46. The van der Waals surface area contributed by atoms with Crippen molar-refractivity contribution in [3.05, 3.63) is 59.2 Å². The number of benzene rings is 1. The third-order valence-corrected chi connectivity index (χ3v) is 3.60. The summed E-state index contributed by atoms with van der Waals surface area (Å²) in [6, 6.07) is 8.00. The Bertz CT molecular complexity index is 838. The van der Waals surface area contributed by atoms with Crippen molar-refractivity contribution in [3.63, 3.8) is 0 Å². The van der Waals surface area contributed by atoms with Gasteiger partial charge in [-0.1, -0.05) is 17.7 Å². The van der Waals surface area contributed by atoms with E-state index in [1.165, 1.54) is 5.56 Å². The van der Waals surface area contributed by atoms with Crippen LogP contribution in [0, 0.1) is 27.7 Å². The van der Waals surface area contributed by atoms with Gasteiger partial charge >= 0.3 is 0 Å². The molecule has 0 amide bonds. The van der Waals surface area contributed by atoms with Crippen LogP contribution >= 0.6 is 0 Å². The highest BCUT2D eigenvalue weighted by Gasteiger charge is 2.09. The number of aromatic nitrogens is 4. The highest BCUT2D eigenvalue weighted by Crippen LogP contribution is 2.25. The number of nitrogens with one attached hydrogen (secondary N) is 2. The topological polar surface area (TPSA) is 75.6 Å². The summed E-state index contributed by atoms with van der Waals surface area (Å²) in [5.41, 5.74) is 5.47. The predicted octanol–water partition coefficient (Wildman–Crippen LogP) is 3.99. The van der Waals surface area contributed by atoms with Crippen molar-refractivity contribution in [1.82, 2.24) is 19.9 Å². The van der Waals surface area contributed by atoms with E-state index in [1.54, 1.807) is 12.4 Å². The zero-order valence-corrected chi connectivity index (χ0v) is 14.3. The molecule has 1 aromatic carbocycles. The number of pyridine rings is 1. The number of aryl methyl sites for hydroxylation is 4. The molecule has 0 aliphatic rings. The lowest BCUT2D eigenvalue weighted by atomic mass is 10.1. The Kier molecular flexibility index (Phi) is 4.37. The second kappa shape index (κ2) is 6.62. The molecule has 0 saturated carbocycles. The number of anilines is 4. The lowest BCUT2D eigenvalue weighted by Crippen LogP contribution is -2.07. The van der Waals surface area contributed by atoms with Gasteiger partial charge in [0.05, 0.1) is 0 Å². The zero-order valence-electron chi connectivity index (χ0n) is 14.3. The molecule has 0 spiro atoms. The number of hydrogen-bond acceptors (Lipinski definition) is 6. The Morgan fingerprint density at radius 2 is 1.33 bits per heavy atom. The average Bonchev–Trinajstić information content (AvgIpc) is 2.51. The summed E-state index contributed by atoms with van der Waals surface area (Å²) >= 11 is 0. The van der Waals surface area contributed by atoms with Crippen LogP contribution in [0.15, 0.2) is 36.7 Å². The Morgan fingerprint density at radius 1 is 0.750 bits per heavy atom. The van der Waals surface area contributed by atoms with Crippen LogP contribution in [0.5, 0.6) is 0 Å². The fourth-order valence-corrected chi connectivity index (χ4v) is 2.65. The average molecular weight is 320 g/mol. The Hall–Kier alpha value is -3.02. The first-order valence-electron chi connectivity index (χ1n) is 7.76. The molecule has 0 atom stereocenters. The van der Waals surface area contributed by atoms with Gasteiger partial charge in [-0.15, -0.1) is 0 Å². The second-order valence-electron chi connectivity index (χ2n) is 5.79. The van der Waals surface area contributed by atoms with Crippen molar-refractivity contribution >= 4 is 23.3 Å². The molecule has 3 aromatic rings. The molecule has 2 aromatic heterocycles. The van der Waals surface area contributed by atoms with Gasteiger partial charge in [-0.3, -0.25) is 4.98 Å². The molecule has 2 heterocycles. The van der Waals surface area contributed by atoms with Gasteiger partial charge in [0.2, 0.25) is 11.9 Å². The molecule has 6 heteroatoms. The first-order chi connectivity index (χ1) is 11.5. The quantitative estimate of drug-likeness (QED) is 0.757. The maximum Gasteiger partial charge on any atom is 0.232 e. The minimum atomic E-state index is 0.499. The summed E-state index contributed by atoms with van der Waals surface area (Å²) in [5.74, 6) is 1.67. The number of nitrogens with zero attached hydrogens (tertiary/aromatic N) is 4. The van der Waals surface area contributed by atoms with Crippen molar-refractivity contribution in [3.8, 4) is 0 Å². The first-order valence-corrected chi connectivity index (χ1v) is 7.76. The first kappa shape index (κ1) is 15.9. The van der Waals surface area contributed by atoms with Crippen LogP contribution in [-0.4, -0.2) is 19.9 Å². The van der Waals surface area contributed by atoms with E-state index in [2.05, 4.69) is 63.5 Å². The molecule has 24 heavy (non-hydrogen) atoms. The van der Waals surface area contributed by atoms with E-state index in [0.29, 0.717) is 17.7 Å². The van der Waals surface area contributed by atoms with Crippen LogP contribution in [0.2, 0.25) is 0 Å². The third kappa shape index (κ3) is 3.65. The van der Waals surface area contributed by atoms with Crippen molar-refractivity contribution < 1.29 is 0 Å². The summed E-state index contributed by atoms with van der Waals surface area (Å²) in [7, 11) is 0. The fourth-order valence-electron chi connectivity index (χ4n) is 2.65. The molecular formula is C18H20N6. The standard InChI is InChI=1S/C18H20N6/c1-11-9-12(2)16(13(3)10-11)23-18-21-14(4)20-17(24-18)22-15-5-7-19-8-6-15/h5-10H,1-4H3,(H2,19,20,21,22,23,24). The van der Waals surface area contributed by atoms with E-state index in [0.717, 1.165) is 22.5 Å². The molecule has 122 valence electrons. The molecule has 0 saturated heterocycles. The minimum absolute atomic E-state index is 0.499. The third-order valence-electron chi connectivity index (χ3n) is 3.60. The lowest BCUT2D eigenvalue weighted by molar-refractivity contribution is 0.987. The van der Waals surface area contributed by atoms with Crippen LogP contribution in [-0.2, 0) is 0 Å². The van der Waals surface area contributed by atoms with Gasteiger partial charge < -0.3 is 10.6 Å². The lowest BCUT2D eigenvalue weighted by Gasteiger charge is -2.14. The van der Waals surface area contributed by atoms with Crippen molar-refractivity contribution in [2.45, 2.75) is 27.7 Å². The summed E-state index contributed by atoms with van der Waals surface area (Å²) < 4.78 is 0. The number of rotatable bonds is 4. The van der Waals surface area contributed by atoms with Crippen LogP contribution in [0.3, 0.4) is 0 Å². The van der Waals surface area contributed by atoms with Gasteiger partial charge in [0.1, 0.15) is 5.82 Å². The van der Waals surface area contributed by atoms with E-state index >= 15 is 0 Å². The van der Waals surface area contributed by atoms with E-state index in [-0.39, 0.29) is 0 Å². The molecule has 0 fully saturated rings. The molecule has 2 N–H and O–H groups in total. The van der Waals surface area contributed by atoms with Gasteiger partial charge in [-0.2, -0.15) is 15.0 Å². The Morgan fingerprint density at radius 3 is 1.96 bits per heavy atom. The van der Waals surface area contributed by atoms with Gasteiger partial charge in [0.25, 0.3) is 0 Å².